The fourth-order valence-electron chi connectivity index (χ4n) is 3.20. The lowest BCUT2D eigenvalue weighted by Crippen LogP contribution is -2.37. The van der Waals surface area contributed by atoms with Gasteiger partial charge in [0.05, 0.1) is 7.11 Å². The zero-order valence-corrected chi connectivity index (χ0v) is 18.0. The van der Waals surface area contributed by atoms with Crippen molar-refractivity contribution in [2.24, 2.45) is 0 Å². The molecule has 0 heterocycles. The summed E-state index contributed by atoms with van der Waals surface area (Å²) in [7, 11) is 5.78. The Hall–Kier alpha value is -2.08. The number of benzene rings is 2. The van der Waals surface area contributed by atoms with Crippen molar-refractivity contribution in [2.75, 3.05) is 40.9 Å². The molecule has 2 N–H and O–H groups in total. The molecule has 0 aliphatic rings. The third-order valence-corrected chi connectivity index (χ3v) is 5.14. The fourth-order valence-corrected chi connectivity index (χ4v) is 3.20. The van der Waals surface area contributed by atoms with E-state index in [4.69, 9.17) is 9.47 Å². The van der Waals surface area contributed by atoms with Crippen LogP contribution in [0.1, 0.15) is 28.3 Å². The maximum Gasteiger partial charge on any atom is 0.125 e. The van der Waals surface area contributed by atoms with Gasteiger partial charge in [-0.1, -0.05) is 24.3 Å². The predicted molar refractivity (Wildman–Crippen MR) is 114 cm³/mol. The van der Waals surface area contributed by atoms with E-state index in [1.807, 2.05) is 19.1 Å². The third kappa shape index (κ3) is 5.96. The van der Waals surface area contributed by atoms with Gasteiger partial charge >= 0.3 is 0 Å². The van der Waals surface area contributed by atoms with Gasteiger partial charge in [0.1, 0.15) is 24.2 Å². The molecule has 0 bridgehead atoms. The minimum absolute atomic E-state index is 0.209. The number of rotatable bonds is 10. The highest BCUT2D eigenvalue weighted by molar-refractivity contribution is 5.44. The monoisotopic (exact) mass is 386 g/mol. The molecule has 0 amide bonds. The molecular formula is C23H34N2O3. The number of likely N-dealkylation sites (N-methyl/N-ethyl adjacent to an activating group) is 1. The average Bonchev–Trinajstić information content (AvgIpc) is 2.68. The van der Waals surface area contributed by atoms with E-state index in [0.29, 0.717) is 6.54 Å². The summed E-state index contributed by atoms with van der Waals surface area (Å²) in [4.78, 5) is 2.16. The summed E-state index contributed by atoms with van der Waals surface area (Å²) in [5.41, 5.74) is 4.62. The van der Waals surface area contributed by atoms with Crippen LogP contribution in [0, 0.1) is 20.8 Å². The molecule has 0 aliphatic carbocycles. The fraction of sp³-hybridized carbons (Fsp3) is 0.478. The topological polar surface area (TPSA) is 54.0 Å². The van der Waals surface area contributed by atoms with Crippen LogP contribution in [-0.2, 0) is 0 Å². The van der Waals surface area contributed by atoms with Gasteiger partial charge in [0, 0.05) is 19.1 Å². The van der Waals surface area contributed by atoms with Gasteiger partial charge in [0.2, 0.25) is 0 Å². The smallest absolute Gasteiger partial charge is 0.125 e. The minimum atomic E-state index is -0.571. The van der Waals surface area contributed by atoms with Gasteiger partial charge in [-0.2, -0.15) is 0 Å². The second-order valence-electron chi connectivity index (χ2n) is 7.53. The Morgan fingerprint density at radius 1 is 0.964 bits per heavy atom. The molecule has 2 atom stereocenters. The maximum absolute atomic E-state index is 10.3. The van der Waals surface area contributed by atoms with Crippen molar-refractivity contribution in [1.82, 2.24) is 10.2 Å². The van der Waals surface area contributed by atoms with Crippen LogP contribution in [0.5, 0.6) is 11.5 Å². The summed E-state index contributed by atoms with van der Waals surface area (Å²) in [5.74, 6) is 1.73. The van der Waals surface area contributed by atoms with E-state index in [-0.39, 0.29) is 12.6 Å². The Morgan fingerprint density at radius 2 is 1.61 bits per heavy atom. The lowest BCUT2D eigenvalue weighted by atomic mass is 10.1. The van der Waals surface area contributed by atoms with E-state index in [0.717, 1.165) is 29.2 Å². The zero-order chi connectivity index (χ0) is 20.7. The van der Waals surface area contributed by atoms with Crippen LogP contribution < -0.4 is 14.8 Å². The van der Waals surface area contributed by atoms with E-state index in [1.165, 1.54) is 11.1 Å². The van der Waals surface area contributed by atoms with Crippen LogP contribution in [0.2, 0.25) is 0 Å². The molecular weight excluding hydrogens is 352 g/mol. The first kappa shape index (κ1) is 22.2. The number of aryl methyl sites for hydroxylation is 2. The quantitative estimate of drug-likeness (QED) is 0.656. The van der Waals surface area contributed by atoms with Gasteiger partial charge in [-0.15, -0.1) is 0 Å². The normalized spacial score (nSPS) is 13.4. The van der Waals surface area contributed by atoms with Gasteiger partial charge in [0.15, 0.2) is 0 Å². The van der Waals surface area contributed by atoms with Crippen molar-refractivity contribution in [3.05, 3.63) is 58.7 Å². The summed E-state index contributed by atoms with van der Waals surface area (Å²) in [6.07, 6.45) is -0.571. The predicted octanol–water partition coefficient (Wildman–Crippen LogP) is 3.25. The van der Waals surface area contributed by atoms with Crippen LogP contribution in [0.25, 0.3) is 0 Å². The van der Waals surface area contributed by atoms with Crippen molar-refractivity contribution in [3.63, 3.8) is 0 Å². The molecule has 5 nitrogen and oxygen atoms in total. The molecule has 154 valence electrons. The van der Waals surface area contributed by atoms with E-state index in [1.54, 1.807) is 7.11 Å². The summed E-state index contributed by atoms with van der Waals surface area (Å²) in [6.45, 7) is 7.64. The molecule has 2 aromatic rings. The zero-order valence-electron chi connectivity index (χ0n) is 18.0. The number of methoxy groups -OCH3 is 1. The molecule has 5 heteroatoms. The molecule has 0 radical (unpaired) electrons. The van der Waals surface area contributed by atoms with Gasteiger partial charge < -0.3 is 24.8 Å². The summed E-state index contributed by atoms with van der Waals surface area (Å²) < 4.78 is 11.1. The van der Waals surface area contributed by atoms with E-state index in [9.17, 15) is 5.11 Å². The first-order valence-electron chi connectivity index (χ1n) is 9.72. The van der Waals surface area contributed by atoms with Crippen LogP contribution in [0.4, 0.5) is 0 Å². The SMILES string of the molecule is COc1ccc([C@H](CNC[C@@H](O)COc2c(C)ccc(C)c2C)N(C)C)cc1. The van der Waals surface area contributed by atoms with Crippen molar-refractivity contribution in [3.8, 4) is 11.5 Å². The highest BCUT2D eigenvalue weighted by Crippen LogP contribution is 2.26. The summed E-state index contributed by atoms with van der Waals surface area (Å²) in [5, 5.41) is 13.7. The molecule has 0 spiro atoms. The Kier molecular flexibility index (Phi) is 8.30. The van der Waals surface area contributed by atoms with Crippen LogP contribution >= 0.6 is 0 Å². The van der Waals surface area contributed by atoms with E-state index in [2.05, 4.69) is 62.4 Å². The molecule has 0 aromatic heterocycles. The molecule has 0 fully saturated rings. The van der Waals surface area contributed by atoms with E-state index >= 15 is 0 Å². The largest absolute Gasteiger partial charge is 0.497 e. The maximum atomic E-state index is 10.3. The lowest BCUT2D eigenvalue weighted by Gasteiger charge is -2.26. The molecule has 2 aromatic carbocycles. The Bertz CT molecular complexity index is 744. The highest BCUT2D eigenvalue weighted by atomic mass is 16.5. The first-order valence-corrected chi connectivity index (χ1v) is 9.72. The number of hydrogen-bond donors (Lipinski definition) is 2. The Balaban J connectivity index is 1.86. The number of nitrogens with zero attached hydrogens (tertiary/aromatic N) is 1. The van der Waals surface area contributed by atoms with Gasteiger partial charge in [-0.25, -0.2) is 0 Å². The first-order chi connectivity index (χ1) is 13.3. The molecule has 0 saturated heterocycles. The number of hydrogen-bond acceptors (Lipinski definition) is 5. The van der Waals surface area contributed by atoms with Gasteiger partial charge in [0.25, 0.3) is 0 Å². The van der Waals surface area contributed by atoms with Gasteiger partial charge in [-0.3, -0.25) is 0 Å². The molecule has 2 rings (SSSR count). The van der Waals surface area contributed by atoms with Crippen LogP contribution in [0.3, 0.4) is 0 Å². The Labute approximate surface area is 169 Å². The standard InChI is InChI=1S/C23H34N2O3/c1-16-7-8-17(2)23(18(16)3)28-15-20(26)13-24-14-22(25(4)5)19-9-11-21(27-6)12-10-19/h7-12,20,22,24,26H,13-15H2,1-6H3/t20-,22+/m1/s1. The summed E-state index contributed by atoms with van der Waals surface area (Å²) >= 11 is 0. The van der Waals surface area contributed by atoms with E-state index < -0.39 is 6.10 Å². The van der Waals surface area contributed by atoms with Crippen molar-refractivity contribution >= 4 is 0 Å². The van der Waals surface area contributed by atoms with Crippen molar-refractivity contribution in [2.45, 2.75) is 32.9 Å². The minimum Gasteiger partial charge on any atom is -0.497 e. The highest BCUT2D eigenvalue weighted by Gasteiger charge is 2.15. The molecule has 0 unspecified atom stereocenters. The Morgan fingerprint density at radius 3 is 2.21 bits per heavy atom. The van der Waals surface area contributed by atoms with Crippen LogP contribution in [-0.4, -0.2) is 57.0 Å². The second kappa shape index (κ2) is 10.5. The van der Waals surface area contributed by atoms with Gasteiger partial charge in [-0.05, 0) is 69.3 Å². The number of aliphatic hydroxyl groups is 1. The number of nitrogens with one attached hydrogen (secondary N) is 1. The number of aliphatic hydroxyl groups excluding tert-OH is 1. The molecule has 0 aliphatic heterocycles. The number of ether oxygens (including phenoxy) is 2. The second-order valence-corrected chi connectivity index (χ2v) is 7.53. The molecule has 28 heavy (non-hydrogen) atoms. The molecule has 0 saturated carbocycles. The summed E-state index contributed by atoms with van der Waals surface area (Å²) in [6, 6.07) is 12.5. The lowest BCUT2D eigenvalue weighted by molar-refractivity contribution is 0.103. The third-order valence-electron chi connectivity index (χ3n) is 5.14. The average molecular weight is 387 g/mol. The van der Waals surface area contributed by atoms with Crippen molar-refractivity contribution < 1.29 is 14.6 Å². The van der Waals surface area contributed by atoms with Crippen molar-refractivity contribution in [1.29, 1.82) is 0 Å². The van der Waals surface area contributed by atoms with Crippen LogP contribution in [0.15, 0.2) is 36.4 Å².